The van der Waals surface area contributed by atoms with Gasteiger partial charge in [-0.25, -0.2) is 9.97 Å². The van der Waals surface area contributed by atoms with Gasteiger partial charge in [0.15, 0.2) is 11.6 Å². The van der Waals surface area contributed by atoms with E-state index in [0.29, 0.717) is 24.7 Å². The monoisotopic (exact) mass is 420 g/mol. The standard InChI is InChI=1S/C27H24N4O/c32-27(24-14-8-3-9-15-24,25-28-16-18-30(25)20-22-10-4-1-5-11-22)26-29-17-19-31(26)21-23-12-6-2-7-13-23/h1-19,32H,20-21H2. The number of rotatable bonds is 7. The summed E-state index contributed by atoms with van der Waals surface area (Å²) in [6.45, 7) is 1.20. The number of hydrogen-bond donors (Lipinski definition) is 1. The Morgan fingerprint density at radius 2 is 1.00 bits per heavy atom. The van der Waals surface area contributed by atoms with E-state index in [1.807, 2.05) is 88.3 Å². The molecule has 32 heavy (non-hydrogen) atoms. The second-order valence-electron chi connectivity index (χ2n) is 7.81. The van der Waals surface area contributed by atoms with Crippen LogP contribution in [0.2, 0.25) is 0 Å². The highest BCUT2D eigenvalue weighted by Gasteiger charge is 2.41. The minimum absolute atomic E-state index is 0.535. The Labute approximate surface area is 187 Å². The van der Waals surface area contributed by atoms with Crippen LogP contribution in [0.15, 0.2) is 116 Å². The largest absolute Gasteiger partial charge is 0.371 e. The SMILES string of the molecule is OC(c1ccccc1)(c1nccn1Cc1ccccc1)c1nccn1Cc1ccccc1. The van der Waals surface area contributed by atoms with Crippen molar-refractivity contribution < 1.29 is 5.11 Å². The summed E-state index contributed by atoms with van der Waals surface area (Å²) in [5.74, 6) is 1.07. The normalized spacial score (nSPS) is 11.5. The molecule has 0 aliphatic carbocycles. The van der Waals surface area contributed by atoms with Crippen molar-refractivity contribution in [1.29, 1.82) is 0 Å². The van der Waals surface area contributed by atoms with E-state index < -0.39 is 5.60 Å². The van der Waals surface area contributed by atoms with Gasteiger partial charge in [-0.15, -0.1) is 0 Å². The van der Waals surface area contributed by atoms with Gasteiger partial charge in [-0.1, -0.05) is 91.0 Å². The van der Waals surface area contributed by atoms with Crippen molar-refractivity contribution >= 4 is 0 Å². The molecule has 3 aromatic carbocycles. The first-order valence-corrected chi connectivity index (χ1v) is 10.6. The topological polar surface area (TPSA) is 55.9 Å². The fraction of sp³-hybridized carbons (Fsp3) is 0.111. The zero-order chi connectivity index (χ0) is 21.8. The van der Waals surface area contributed by atoms with Gasteiger partial charge in [0.1, 0.15) is 0 Å². The Bertz CT molecular complexity index is 1200. The molecule has 1 N–H and O–H groups in total. The number of nitrogens with zero attached hydrogens (tertiary/aromatic N) is 4. The van der Waals surface area contributed by atoms with Gasteiger partial charge >= 0.3 is 0 Å². The van der Waals surface area contributed by atoms with Crippen LogP contribution in [0.5, 0.6) is 0 Å². The molecule has 0 fully saturated rings. The van der Waals surface area contributed by atoms with E-state index in [9.17, 15) is 5.11 Å². The molecule has 0 atom stereocenters. The molecular formula is C27H24N4O. The quantitative estimate of drug-likeness (QED) is 0.423. The lowest BCUT2D eigenvalue weighted by molar-refractivity contribution is 0.0979. The fourth-order valence-corrected chi connectivity index (χ4v) is 4.11. The smallest absolute Gasteiger partial charge is 0.206 e. The molecule has 2 aromatic heterocycles. The fourth-order valence-electron chi connectivity index (χ4n) is 4.11. The van der Waals surface area contributed by atoms with Crippen molar-refractivity contribution in [3.05, 3.63) is 144 Å². The van der Waals surface area contributed by atoms with E-state index in [0.717, 1.165) is 16.7 Å². The summed E-state index contributed by atoms with van der Waals surface area (Å²) in [5.41, 5.74) is 1.48. The molecule has 0 saturated heterocycles. The molecule has 5 rings (SSSR count). The summed E-state index contributed by atoms with van der Waals surface area (Å²) in [5, 5.41) is 12.4. The molecule has 0 aliphatic rings. The molecule has 0 unspecified atom stereocenters. The van der Waals surface area contributed by atoms with Crippen molar-refractivity contribution in [2.24, 2.45) is 0 Å². The van der Waals surface area contributed by atoms with Crippen molar-refractivity contribution in [1.82, 2.24) is 19.1 Å². The summed E-state index contributed by atoms with van der Waals surface area (Å²) in [7, 11) is 0. The predicted octanol–water partition coefficient (Wildman–Crippen LogP) is 4.46. The number of aliphatic hydroxyl groups is 1. The van der Waals surface area contributed by atoms with E-state index in [1.165, 1.54) is 0 Å². The lowest BCUT2D eigenvalue weighted by Crippen LogP contribution is -2.36. The Balaban J connectivity index is 1.63. The minimum Gasteiger partial charge on any atom is -0.371 e. The maximum absolute atomic E-state index is 12.4. The summed E-state index contributed by atoms with van der Waals surface area (Å²) in [6, 6.07) is 30.0. The van der Waals surface area contributed by atoms with E-state index in [4.69, 9.17) is 0 Å². The predicted molar refractivity (Wildman–Crippen MR) is 124 cm³/mol. The molecule has 158 valence electrons. The summed E-state index contributed by atoms with van der Waals surface area (Å²) in [6.07, 6.45) is 7.27. The third-order valence-corrected chi connectivity index (χ3v) is 5.66. The van der Waals surface area contributed by atoms with Crippen molar-refractivity contribution in [2.45, 2.75) is 18.7 Å². The van der Waals surface area contributed by atoms with Crippen molar-refractivity contribution in [2.75, 3.05) is 0 Å². The van der Waals surface area contributed by atoms with Gasteiger partial charge in [0.2, 0.25) is 5.60 Å². The van der Waals surface area contributed by atoms with Crippen molar-refractivity contribution in [3.63, 3.8) is 0 Å². The maximum atomic E-state index is 12.4. The van der Waals surface area contributed by atoms with E-state index in [-0.39, 0.29) is 0 Å². The van der Waals surface area contributed by atoms with E-state index in [1.54, 1.807) is 12.4 Å². The van der Waals surface area contributed by atoms with Gasteiger partial charge in [0, 0.05) is 37.9 Å². The lowest BCUT2D eigenvalue weighted by atomic mass is 9.91. The lowest BCUT2D eigenvalue weighted by Gasteiger charge is -2.29. The molecule has 0 aliphatic heterocycles. The molecule has 5 aromatic rings. The third-order valence-electron chi connectivity index (χ3n) is 5.66. The van der Waals surface area contributed by atoms with Crippen LogP contribution in [0.25, 0.3) is 0 Å². The number of aromatic nitrogens is 4. The first-order chi connectivity index (χ1) is 15.7. The highest BCUT2D eigenvalue weighted by Crippen LogP contribution is 2.35. The minimum atomic E-state index is -1.52. The van der Waals surface area contributed by atoms with Crippen molar-refractivity contribution in [3.8, 4) is 0 Å². The van der Waals surface area contributed by atoms with Crippen LogP contribution < -0.4 is 0 Å². The van der Waals surface area contributed by atoms with Gasteiger partial charge in [-0.2, -0.15) is 0 Å². The first-order valence-electron chi connectivity index (χ1n) is 10.6. The van der Waals surface area contributed by atoms with Crippen LogP contribution in [0.4, 0.5) is 0 Å². The molecule has 5 heteroatoms. The second-order valence-corrected chi connectivity index (χ2v) is 7.81. The van der Waals surface area contributed by atoms with Crippen LogP contribution in [-0.2, 0) is 18.7 Å². The average molecular weight is 421 g/mol. The third kappa shape index (κ3) is 3.74. The van der Waals surface area contributed by atoms with Gasteiger partial charge in [-0.3, -0.25) is 0 Å². The molecule has 0 spiro atoms. The average Bonchev–Trinajstić information content (AvgIpc) is 3.51. The van der Waals surface area contributed by atoms with Crippen LogP contribution in [0, 0.1) is 0 Å². The number of benzene rings is 3. The Kier molecular flexibility index (Phi) is 5.40. The maximum Gasteiger partial charge on any atom is 0.206 e. The van der Waals surface area contributed by atoms with Gasteiger partial charge in [0.05, 0.1) is 0 Å². The molecule has 0 saturated carbocycles. The van der Waals surface area contributed by atoms with Crippen LogP contribution >= 0.6 is 0 Å². The highest BCUT2D eigenvalue weighted by molar-refractivity contribution is 5.38. The van der Waals surface area contributed by atoms with Gasteiger partial charge in [-0.05, 0) is 16.7 Å². The summed E-state index contributed by atoms with van der Waals surface area (Å²) in [4.78, 5) is 9.25. The highest BCUT2D eigenvalue weighted by atomic mass is 16.3. The molecule has 0 radical (unpaired) electrons. The van der Waals surface area contributed by atoms with Gasteiger partial charge in [0.25, 0.3) is 0 Å². The van der Waals surface area contributed by atoms with E-state index in [2.05, 4.69) is 34.2 Å². The van der Waals surface area contributed by atoms with Gasteiger partial charge < -0.3 is 14.2 Å². The Morgan fingerprint density at radius 1 is 0.594 bits per heavy atom. The zero-order valence-electron chi connectivity index (χ0n) is 17.6. The molecular weight excluding hydrogens is 396 g/mol. The van der Waals surface area contributed by atoms with Crippen LogP contribution in [-0.4, -0.2) is 24.2 Å². The van der Waals surface area contributed by atoms with Crippen LogP contribution in [0.1, 0.15) is 28.3 Å². The second kappa shape index (κ2) is 8.65. The number of imidazole rings is 2. The molecule has 5 nitrogen and oxygen atoms in total. The molecule has 2 heterocycles. The zero-order valence-corrected chi connectivity index (χ0v) is 17.6. The van der Waals surface area contributed by atoms with E-state index >= 15 is 0 Å². The Hall–Kier alpha value is -3.96. The van der Waals surface area contributed by atoms with Crippen LogP contribution in [0.3, 0.4) is 0 Å². The number of hydrogen-bond acceptors (Lipinski definition) is 3. The molecule has 0 bridgehead atoms. The Morgan fingerprint density at radius 3 is 1.44 bits per heavy atom. The first kappa shape index (κ1) is 20.0. The molecule has 0 amide bonds. The summed E-state index contributed by atoms with van der Waals surface area (Å²) >= 11 is 0. The summed E-state index contributed by atoms with van der Waals surface area (Å²) < 4.78 is 3.98.